The molecule has 1 spiro atoms. The van der Waals surface area contributed by atoms with E-state index in [1.54, 1.807) is 0 Å². The van der Waals surface area contributed by atoms with Crippen molar-refractivity contribution in [2.45, 2.75) is 90.3 Å². The Bertz CT molecular complexity index is 650. The number of piperidine rings is 2. The zero-order valence-electron chi connectivity index (χ0n) is 17.5. The number of esters is 1. The van der Waals surface area contributed by atoms with Crippen molar-refractivity contribution in [2.75, 3.05) is 7.11 Å². The Morgan fingerprint density at radius 1 is 1.26 bits per heavy atom. The molecule has 0 aromatic rings. The number of nitrogens with one attached hydrogen (secondary N) is 1. The van der Waals surface area contributed by atoms with E-state index < -0.39 is 0 Å². The Morgan fingerprint density at radius 3 is 2.74 bits per heavy atom. The molecule has 0 aromatic heterocycles. The van der Waals surface area contributed by atoms with E-state index in [1.807, 2.05) is 0 Å². The molecule has 4 saturated carbocycles. The van der Waals surface area contributed by atoms with Crippen LogP contribution >= 0.6 is 0 Å². The predicted molar refractivity (Wildman–Crippen MR) is 104 cm³/mol. The molecule has 2 N–H and O–H groups in total. The van der Waals surface area contributed by atoms with E-state index >= 15 is 0 Å². The topological polar surface area (TPSA) is 58.6 Å². The van der Waals surface area contributed by atoms with Crippen molar-refractivity contribution >= 4 is 5.97 Å². The van der Waals surface area contributed by atoms with Gasteiger partial charge in [0, 0.05) is 24.4 Å². The van der Waals surface area contributed by atoms with Gasteiger partial charge in [-0.3, -0.25) is 4.79 Å². The average Bonchev–Trinajstić information content (AvgIpc) is 3.15. The molecule has 0 aromatic carbocycles. The van der Waals surface area contributed by atoms with Crippen LogP contribution in [0, 0.1) is 39.9 Å². The number of hydrogen-bond acceptors (Lipinski definition) is 4. The molecular weight excluding hydrogens is 338 g/mol. The summed E-state index contributed by atoms with van der Waals surface area (Å²) in [5, 5.41) is 15.4. The van der Waals surface area contributed by atoms with Crippen molar-refractivity contribution in [3.05, 3.63) is 0 Å². The fourth-order valence-electron chi connectivity index (χ4n) is 9.67. The monoisotopic (exact) mass is 375 g/mol. The highest BCUT2D eigenvalue weighted by atomic mass is 16.5. The predicted octanol–water partition coefficient (Wildman–Crippen LogP) is 3.52. The molecule has 6 aliphatic rings. The van der Waals surface area contributed by atoms with Crippen LogP contribution in [0.2, 0.25) is 0 Å². The molecule has 6 bridgehead atoms. The van der Waals surface area contributed by atoms with Crippen LogP contribution in [0.25, 0.3) is 0 Å². The molecule has 2 saturated heterocycles. The summed E-state index contributed by atoms with van der Waals surface area (Å²) in [7, 11) is 1.51. The van der Waals surface area contributed by atoms with E-state index in [0.29, 0.717) is 42.2 Å². The van der Waals surface area contributed by atoms with Crippen LogP contribution in [-0.4, -0.2) is 36.4 Å². The summed E-state index contributed by atoms with van der Waals surface area (Å²) in [6.45, 7) is 7.24. The fourth-order valence-corrected chi connectivity index (χ4v) is 9.67. The van der Waals surface area contributed by atoms with Crippen molar-refractivity contribution < 1.29 is 14.6 Å². The minimum atomic E-state index is -0.176. The van der Waals surface area contributed by atoms with Crippen LogP contribution in [0.4, 0.5) is 0 Å². The zero-order valence-corrected chi connectivity index (χ0v) is 17.5. The first-order valence-corrected chi connectivity index (χ1v) is 11.3. The molecule has 9 atom stereocenters. The Balaban J connectivity index is 1.67. The summed E-state index contributed by atoms with van der Waals surface area (Å²) in [5.41, 5.74) is 0.540. The maximum Gasteiger partial charge on any atom is 0.305 e. The zero-order chi connectivity index (χ0) is 19.2. The summed E-state index contributed by atoms with van der Waals surface area (Å²) in [6, 6.07) is 0.972. The quantitative estimate of drug-likeness (QED) is 0.738. The van der Waals surface area contributed by atoms with Crippen molar-refractivity contribution in [3.63, 3.8) is 0 Å². The van der Waals surface area contributed by atoms with Crippen LogP contribution in [0.3, 0.4) is 0 Å². The van der Waals surface area contributed by atoms with Crippen molar-refractivity contribution in [1.82, 2.24) is 5.32 Å². The standard InChI is InChI=1S/C23H37NO3/c1-13(2)14-7-10-21(3)18-15(25)12-22-9-5-6-16(22)23(21,11-8-17(26)27-4)19(14)24-20(18)22/h13-16,18-20,24-25H,5-12H2,1-4H3/t14-,15+,16-,18?,19?,20?,21+,22-,23+/m1/s1. The van der Waals surface area contributed by atoms with E-state index in [-0.39, 0.29) is 28.3 Å². The first kappa shape index (κ1) is 18.4. The molecule has 3 unspecified atom stereocenters. The number of ether oxygens (including phenoxy) is 1. The largest absolute Gasteiger partial charge is 0.469 e. The van der Waals surface area contributed by atoms with E-state index in [0.717, 1.165) is 12.8 Å². The smallest absolute Gasteiger partial charge is 0.305 e. The summed E-state index contributed by atoms with van der Waals surface area (Å²) in [6.07, 6.45) is 8.56. The second-order valence-electron chi connectivity index (χ2n) is 11.1. The number of aliphatic hydroxyl groups is 1. The Hall–Kier alpha value is -0.610. The second kappa shape index (κ2) is 5.72. The molecule has 6 rings (SSSR count). The lowest BCUT2D eigenvalue weighted by Crippen LogP contribution is -2.81. The third-order valence-corrected chi connectivity index (χ3v) is 10.4. The normalized spacial score (nSPS) is 55.0. The van der Waals surface area contributed by atoms with Crippen molar-refractivity contribution in [1.29, 1.82) is 0 Å². The maximum absolute atomic E-state index is 12.2. The highest BCUT2D eigenvalue weighted by molar-refractivity contribution is 5.69. The van der Waals surface area contributed by atoms with Gasteiger partial charge >= 0.3 is 5.97 Å². The number of hydrogen-bond donors (Lipinski definition) is 2. The van der Waals surface area contributed by atoms with Gasteiger partial charge in [0.15, 0.2) is 0 Å². The first-order chi connectivity index (χ1) is 12.8. The van der Waals surface area contributed by atoms with Gasteiger partial charge in [-0.25, -0.2) is 0 Å². The van der Waals surface area contributed by atoms with E-state index in [4.69, 9.17) is 4.74 Å². The molecular formula is C23H37NO3. The number of methoxy groups -OCH3 is 1. The van der Waals surface area contributed by atoms with Crippen LogP contribution in [0.15, 0.2) is 0 Å². The minimum Gasteiger partial charge on any atom is -0.469 e. The molecule has 152 valence electrons. The molecule has 4 heteroatoms. The van der Waals surface area contributed by atoms with E-state index in [2.05, 4.69) is 26.1 Å². The van der Waals surface area contributed by atoms with E-state index in [9.17, 15) is 9.90 Å². The highest BCUT2D eigenvalue weighted by Crippen LogP contribution is 2.80. The molecule has 2 aliphatic heterocycles. The molecule has 4 nitrogen and oxygen atoms in total. The lowest BCUT2D eigenvalue weighted by Gasteiger charge is -2.76. The van der Waals surface area contributed by atoms with Gasteiger partial charge < -0.3 is 15.2 Å². The van der Waals surface area contributed by atoms with Crippen LogP contribution in [0.1, 0.15) is 72.1 Å². The van der Waals surface area contributed by atoms with Crippen molar-refractivity contribution in [2.24, 2.45) is 39.9 Å². The van der Waals surface area contributed by atoms with Crippen LogP contribution in [0.5, 0.6) is 0 Å². The van der Waals surface area contributed by atoms with Crippen LogP contribution < -0.4 is 5.32 Å². The van der Waals surface area contributed by atoms with Gasteiger partial charge in [-0.05, 0) is 72.5 Å². The van der Waals surface area contributed by atoms with Gasteiger partial charge in [0.1, 0.15) is 0 Å². The minimum absolute atomic E-state index is 0.0696. The molecule has 4 aliphatic carbocycles. The average molecular weight is 376 g/mol. The molecule has 0 amide bonds. The second-order valence-corrected chi connectivity index (χ2v) is 11.1. The molecule has 27 heavy (non-hydrogen) atoms. The van der Waals surface area contributed by atoms with Gasteiger partial charge in [0.2, 0.25) is 0 Å². The van der Waals surface area contributed by atoms with Gasteiger partial charge in [-0.2, -0.15) is 0 Å². The Kier molecular flexibility index (Phi) is 3.90. The van der Waals surface area contributed by atoms with Gasteiger partial charge in [0.25, 0.3) is 0 Å². The van der Waals surface area contributed by atoms with Gasteiger partial charge in [0.05, 0.1) is 13.2 Å². The summed E-state index contributed by atoms with van der Waals surface area (Å²) < 4.78 is 5.06. The van der Waals surface area contributed by atoms with Gasteiger partial charge in [-0.15, -0.1) is 0 Å². The van der Waals surface area contributed by atoms with Crippen molar-refractivity contribution in [3.8, 4) is 0 Å². The first-order valence-electron chi connectivity index (χ1n) is 11.3. The number of carbonyl (C=O) groups excluding carboxylic acids is 1. The van der Waals surface area contributed by atoms with E-state index in [1.165, 1.54) is 39.2 Å². The van der Waals surface area contributed by atoms with Gasteiger partial charge in [-0.1, -0.05) is 27.2 Å². The maximum atomic E-state index is 12.2. The summed E-state index contributed by atoms with van der Waals surface area (Å²) in [4.78, 5) is 12.2. The molecule has 0 radical (unpaired) electrons. The number of aliphatic hydroxyl groups excluding tert-OH is 1. The fraction of sp³-hybridized carbons (Fsp3) is 0.957. The SMILES string of the molecule is COC(=O)CC[C@@]12C3NC4C([C@@H](O)C[C@@]45CCC[C@H]51)[C@]2(C)CC[C@@H]3C(C)C. The summed E-state index contributed by atoms with van der Waals surface area (Å²) in [5.74, 6) is 2.27. The Morgan fingerprint density at radius 2 is 2.04 bits per heavy atom. The lowest BCUT2D eigenvalue weighted by atomic mass is 9.33. The third-order valence-electron chi connectivity index (χ3n) is 10.4. The number of carbonyl (C=O) groups is 1. The summed E-state index contributed by atoms with van der Waals surface area (Å²) >= 11 is 0. The Labute approximate surface area is 163 Å². The highest BCUT2D eigenvalue weighted by Gasteiger charge is 2.81. The third kappa shape index (κ3) is 1.95. The molecule has 2 heterocycles. The molecule has 6 fully saturated rings. The van der Waals surface area contributed by atoms with Crippen LogP contribution in [-0.2, 0) is 9.53 Å². The number of rotatable bonds is 4. The lowest BCUT2D eigenvalue weighted by molar-refractivity contribution is -0.252.